The summed E-state index contributed by atoms with van der Waals surface area (Å²) in [5, 5.41) is 35.0. The van der Waals surface area contributed by atoms with Crippen LogP contribution in [0.25, 0.3) is 0 Å². The van der Waals surface area contributed by atoms with E-state index in [1.165, 1.54) is 6.92 Å². The molecule has 0 aliphatic carbocycles. The summed E-state index contributed by atoms with van der Waals surface area (Å²) in [6.07, 6.45) is -5.11. The minimum atomic E-state index is -5.11. The van der Waals surface area contributed by atoms with Gasteiger partial charge in [0.1, 0.15) is 5.75 Å². The molecule has 0 bridgehead atoms. The number of phenols is 1. The topological polar surface area (TPSA) is 170 Å². The number of halogens is 3. The van der Waals surface area contributed by atoms with E-state index in [1.807, 2.05) is 5.32 Å². The number of nitro benzene ring substituents is 2. The zero-order valence-electron chi connectivity index (χ0n) is 21.4. The van der Waals surface area contributed by atoms with E-state index < -0.39 is 70.3 Å². The number of rotatable bonds is 6. The molecule has 0 aliphatic heterocycles. The minimum Gasteiger partial charge on any atom is -0.507 e. The predicted molar refractivity (Wildman–Crippen MR) is 136 cm³/mol. The van der Waals surface area contributed by atoms with Crippen LogP contribution in [0.2, 0.25) is 0 Å². The van der Waals surface area contributed by atoms with Crippen molar-refractivity contribution in [1.29, 1.82) is 0 Å². The second-order valence-corrected chi connectivity index (χ2v) is 11.6. The molecule has 0 saturated heterocycles. The van der Waals surface area contributed by atoms with Crippen LogP contribution < -0.4 is 5.32 Å². The quantitative estimate of drug-likeness (QED) is 0.267. The van der Waals surface area contributed by atoms with Crippen molar-refractivity contribution < 1.29 is 41.3 Å². The number of sulfone groups is 1. The minimum absolute atomic E-state index is 0.0246. The van der Waals surface area contributed by atoms with Crippen LogP contribution in [-0.2, 0) is 21.4 Å². The number of amides is 1. The summed E-state index contributed by atoms with van der Waals surface area (Å²) in [5.41, 5.74) is -5.58. The van der Waals surface area contributed by atoms with Gasteiger partial charge in [-0.05, 0) is 42.2 Å². The van der Waals surface area contributed by atoms with Gasteiger partial charge in [0.05, 0.1) is 36.5 Å². The molecule has 11 nitrogen and oxygen atoms in total. The number of anilines is 1. The number of phenolic OH excluding ortho intramolecular Hbond substituents is 1. The average Bonchev–Trinajstić information content (AvgIpc) is 2.82. The highest BCUT2D eigenvalue weighted by molar-refractivity contribution is 7.91. The van der Waals surface area contributed by atoms with E-state index in [1.54, 1.807) is 20.8 Å². The Balaban J connectivity index is 2.24. The first-order chi connectivity index (χ1) is 18.3. The molecule has 0 spiro atoms. The number of carbonyl (C=O) groups is 1. The Morgan fingerprint density at radius 1 is 0.900 bits per heavy atom. The third-order valence-electron chi connectivity index (χ3n) is 5.96. The van der Waals surface area contributed by atoms with E-state index in [0.717, 1.165) is 36.4 Å². The van der Waals surface area contributed by atoms with E-state index in [-0.39, 0.29) is 27.8 Å². The highest BCUT2D eigenvalue weighted by Gasteiger charge is 2.37. The Hall–Kier alpha value is -4.53. The van der Waals surface area contributed by atoms with Crippen molar-refractivity contribution in [2.24, 2.45) is 0 Å². The molecule has 15 heteroatoms. The number of hydrogen-bond donors (Lipinski definition) is 2. The predicted octanol–water partition coefficient (Wildman–Crippen LogP) is 5.92. The Morgan fingerprint density at radius 2 is 1.43 bits per heavy atom. The van der Waals surface area contributed by atoms with E-state index in [9.17, 15) is 51.7 Å². The van der Waals surface area contributed by atoms with Crippen LogP contribution in [0.4, 0.5) is 30.2 Å². The SMILES string of the molecule is Cc1c(S(=O)(=O)c2ccc([N+](=O)[O-])cc2)cc(C(C)(C)C)c(O)c1C(=O)Nc1ccc([N+](=O)[O-])cc1C(F)(F)F. The van der Waals surface area contributed by atoms with E-state index in [2.05, 4.69) is 0 Å². The van der Waals surface area contributed by atoms with Gasteiger partial charge in [-0.25, -0.2) is 8.42 Å². The molecule has 212 valence electrons. The Morgan fingerprint density at radius 3 is 1.90 bits per heavy atom. The fraction of sp³-hybridized carbons (Fsp3) is 0.240. The third-order valence-corrected chi connectivity index (χ3v) is 7.86. The summed E-state index contributed by atoms with van der Waals surface area (Å²) in [5.74, 6) is -1.98. The average molecular weight is 582 g/mol. The number of alkyl halides is 3. The number of nitrogens with zero attached hydrogens (tertiary/aromatic N) is 2. The monoisotopic (exact) mass is 581 g/mol. The van der Waals surface area contributed by atoms with Crippen molar-refractivity contribution in [3.05, 3.63) is 91.0 Å². The van der Waals surface area contributed by atoms with Crippen LogP contribution in [0.5, 0.6) is 5.75 Å². The van der Waals surface area contributed by atoms with Crippen molar-refractivity contribution in [2.45, 2.75) is 49.1 Å². The van der Waals surface area contributed by atoms with Crippen LogP contribution in [-0.4, -0.2) is 29.3 Å². The lowest BCUT2D eigenvalue weighted by atomic mass is 9.84. The number of aromatic hydroxyl groups is 1. The smallest absolute Gasteiger partial charge is 0.418 e. The highest BCUT2D eigenvalue weighted by atomic mass is 32.2. The lowest BCUT2D eigenvalue weighted by Gasteiger charge is -2.25. The molecule has 3 aromatic carbocycles. The van der Waals surface area contributed by atoms with Crippen molar-refractivity contribution in [3.63, 3.8) is 0 Å². The van der Waals surface area contributed by atoms with Gasteiger partial charge < -0.3 is 10.4 Å². The first-order valence-electron chi connectivity index (χ1n) is 11.3. The van der Waals surface area contributed by atoms with Crippen LogP contribution >= 0.6 is 0 Å². The first kappa shape index (κ1) is 30.0. The maximum absolute atomic E-state index is 13.7. The van der Waals surface area contributed by atoms with Crippen LogP contribution in [0.1, 0.15) is 47.8 Å². The van der Waals surface area contributed by atoms with Gasteiger partial charge in [0, 0.05) is 29.8 Å². The van der Waals surface area contributed by atoms with Gasteiger partial charge in [-0.1, -0.05) is 20.8 Å². The second kappa shape index (κ2) is 10.2. The Kier molecular flexibility index (Phi) is 7.67. The summed E-state index contributed by atoms with van der Waals surface area (Å²) < 4.78 is 68.1. The second-order valence-electron chi connectivity index (χ2n) is 9.71. The van der Waals surface area contributed by atoms with E-state index >= 15 is 0 Å². The summed E-state index contributed by atoms with van der Waals surface area (Å²) in [7, 11) is -4.46. The molecule has 0 unspecified atom stereocenters. The largest absolute Gasteiger partial charge is 0.507 e. The third kappa shape index (κ3) is 5.73. The van der Waals surface area contributed by atoms with E-state index in [4.69, 9.17) is 0 Å². The van der Waals surface area contributed by atoms with Crippen molar-refractivity contribution in [2.75, 3.05) is 5.32 Å². The van der Waals surface area contributed by atoms with Gasteiger partial charge in [0.25, 0.3) is 17.3 Å². The van der Waals surface area contributed by atoms with Crippen LogP contribution in [0.15, 0.2) is 58.3 Å². The van der Waals surface area contributed by atoms with Gasteiger partial charge in [0.2, 0.25) is 9.84 Å². The Bertz CT molecular complexity index is 1650. The molecule has 0 atom stereocenters. The molecule has 40 heavy (non-hydrogen) atoms. The fourth-order valence-corrected chi connectivity index (χ4v) is 5.45. The standard InChI is InChI=1S/C25H22F3N3O8S/c1-13-20(40(38,39)16-8-5-14(6-9-16)30(34)35)12-18(24(2,3)4)22(32)21(13)23(33)29-19-10-7-15(31(36)37)11-17(19)25(26,27)28/h5-12,32H,1-4H3,(H,29,33). The lowest BCUT2D eigenvalue weighted by Crippen LogP contribution is -2.22. The summed E-state index contributed by atoms with van der Waals surface area (Å²) >= 11 is 0. The zero-order chi connectivity index (χ0) is 30.4. The molecule has 0 radical (unpaired) electrons. The maximum Gasteiger partial charge on any atom is 0.418 e. The molecule has 0 heterocycles. The van der Waals surface area contributed by atoms with Gasteiger partial charge in [-0.3, -0.25) is 25.0 Å². The molecule has 1 amide bonds. The van der Waals surface area contributed by atoms with Gasteiger partial charge >= 0.3 is 6.18 Å². The van der Waals surface area contributed by atoms with Crippen molar-refractivity contribution in [3.8, 4) is 5.75 Å². The number of nitrogens with one attached hydrogen (secondary N) is 1. The lowest BCUT2D eigenvalue weighted by molar-refractivity contribution is -0.385. The first-order valence-corrected chi connectivity index (χ1v) is 12.8. The summed E-state index contributed by atoms with van der Waals surface area (Å²) in [4.78, 5) is 32.7. The molecule has 0 fully saturated rings. The molecule has 0 saturated carbocycles. The number of hydrogen-bond acceptors (Lipinski definition) is 8. The van der Waals surface area contributed by atoms with E-state index in [0.29, 0.717) is 6.07 Å². The maximum atomic E-state index is 13.7. The zero-order valence-corrected chi connectivity index (χ0v) is 22.2. The fourth-order valence-electron chi connectivity index (χ4n) is 3.92. The number of non-ortho nitro benzene ring substituents is 2. The number of benzene rings is 3. The summed E-state index contributed by atoms with van der Waals surface area (Å²) in [6.45, 7) is 5.96. The highest BCUT2D eigenvalue weighted by Crippen LogP contribution is 2.41. The normalized spacial score (nSPS) is 12.2. The molecule has 2 N–H and O–H groups in total. The summed E-state index contributed by atoms with van der Waals surface area (Å²) in [6, 6.07) is 6.69. The molecule has 3 aromatic rings. The number of carbonyl (C=O) groups excluding carboxylic acids is 1. The molecular weight excluding hydrogens is 559 g/mol. The molecule has 0 aliphatic rings. The van der Waals surface area contributed by atoms with Gasteiger partial charge in [0.15, 0.2) is 0 Å². The number of nitro groups is 2. The van der Waals surface area contributed by atoms with Crippen LogP contribution in [0, 0.1) is 27.2 Å². The molecular formula is C25H22F3N3O8S. The van der Waals surface area contributed by atoms with Gasteiger partial charge in [-0.2, -0.15) is 13.2 Å². The Labute approximate surface area is 225 Å². The van der Waals surface area contributed by atoms with Crippen molar-refractivity contribution >= 4 is 32.8 Å². The van der Waals surface area contributed by atoms with Crippen LogP contribution in [0.3, 0.4) is 0 Å². The molecule has 0 aromatic heterocycles. The molecule has 3 rings (SSSR count). The van der Waals surface area contributed by atoms with Gasteiger partial charge in [-0.15, -0.1) is 0 Å². The van der Waals surface area contributed by atoms with Crippen molar-refractivity contribution in [1.82, 2.24) is 0 Å².